The van der Waals surface area contributed by atoms with Gasteiger partial charge >= 0.3 is 0 Å². The van der Waals surface area contributed by atoms with Crippen LogP contribution >= 0.6 is 22.9 Å². The summed E-state index contributed by atoms with van der Waals surface area (Å²) >= 11 is 7.39. The molecule has 210 valence electrons. The summed E-state index contributed by atoms with van der Waals surface area (Å²) < 4.78 is 55.1. The average molecular weight is 603 g/mol. The Bertz CT molecular complexity index is 1660. The zero-order valence-corrected chi connectivity index (χ0v) is 24.6. The fourth-order valence-corrected chi connectivity index (χ4v) is 7.61. The number of fused-ring (bicyclic) bond motifs is 1. The molecule has 0 atom stereocenters. The molecule has 1 saturated carbocycles. The highest BCUT2D eigenvalue weighted by Crippen LogP contribution is 2.40. The van der Waals surface area contributed by atoms with Crippen molar-refractivity contribution in [1.29, 1.82) is 0 Å². The standard InChI is InChI=1S/C30H29ClF2N2O3S2/c1-34(2)40(37,38)23-13-11-20(12-14-23)21-8-6-7-19(17-21)18-35(22-9-4-3-5-10-22)30(36)29-27(31)26-24(32)15-16-25(33)28(26)39-29/h6-8,11-17,22H,3-5,9-10,18H2,1-2H3. The van der Waals surface area contributed by atoms with Gasteiger partial charge in [0, 0.05) is 26.7 Å². The van der Waals surface area contributed by atoms with Crippen molar-refractivity contribution in [2.45, 2.75) is 49.6 Å². The number of carbonyl (C=O) groups is 1. The summed E-state index contributed by atoms with van der Waals surface area (Å²) in [7, 11) is -0.552. The molecule has 4 aromatic rings. The van der Waals surface area contributed by atoms with Gasteiger partial charge in [-0.05, 0) is 59.9 Å². The number of hydrogen-bond donors (Lipinski definition) is 0. The van der Waals surface area contributed by atoms with Gasteiger partial charge in [-0.3, -0.25) is 4.79 Å². The molecule has 1 amide bonds. The number of rotatable bonds is 7. The minimum absolute atomic E-state index is 0.0172. The van der Waals surface area contributed by atoms with Gasteiger partial charge in [-0.25, -0.2) is 21.5 Å². The summed E-state index contributed by atoms with van der Waals surface area (Å²) in [6.07, 6.45) is 4.80. The minimum Gasteiger partial charge on any atom is -0.331 e. The fourth-order valence-electron chi connectivity index (χ4n) is 5.20. The largest absolute Gasteiger partial charge is 0.331 e. The molecular formula is C30H29ClF2N2O3S2. The van der Waals surface area contributed by atoms with Crippen LogP contribution in [0.3, 0.4) is 0 Å². The van der Waals surface area contributed by atoms with Gasteiger partial charge in [0.2, 0.25) is 10.0 Å². The SMILES string of the molecule is CN(C)S(=O)(=O)c1ccc(-c2cccc(CN(C(=O)c3sc4c(F)ccc(F)c4c3Cl)C3CCCCC3)c2)cc1. The molecule has 0 spiro atoms. The van der Waals surface area contributed by atoms with Gasteiger partial charge in [-0.15, -0.1) is 11.3 Å². The van der Waals surface area contributed by atoms with E-state index in [0.717, 1.165) is 72.3 Å². The van der Waals surface area contributed by atoms with E-state index in [0.29, 0.717) is 6.54 Å². The minimum atomic E-state index is -3.53. The summed E-state index contributed by atoms with van der Waals surface area (Å²) in [6, 6.07) is 16.5. The quantitative estimate of drug-likeness (QED) is 0.218. The highest BCUT2D eigenvalue weighted by molar-refractivity contribution is 7.89. The molecule has 1 fully saturated rings. The van der Waals surface area contributed by atoms with E-state index in [1.165, 1.54) is 18.4 Å². The Balaban J connectivity index is 1.47. The molecule has 40 heavy (non-hydrogen) atoms. The van der Waals surface area contributed by atoms with Gasteiger partial charge in [0.15, 0.2) is 0 Å². The van der Waals surface area contributed by atoms with Crippen LogP contribution in [0.25, 0.3) is 21.2 Å². The molecule has 0 N–H and O–H groups in total. The topological polar surface area (TPSA) is 57.7 Å². The van der Waals surface area contributed by atoms with Crippen LogP contribution in [0, 0.1) is 11.6 Å². The maximum atomic E-state index is 14.5. The molecule has 0 aliphatic heterocycles. The van der Waals surface area contributed by atoms with Crippen LogP contribution in [0.4, 0.5) is 8.78 Å². The third-order valence-corrected chi connectivity index (χ3v) is 10.9. The number of nitrogens with zero attached hydrogens (tertiary/aromatic N) is 2. The maximum Gasteiger partial charge on any atom is 0.266 e. The van der Waals surface area contributed by atoms with Gasteiger partial charge in [0.1, 0.15) is 16.5 Å². The highest BCUT2D eigenvalue weighted by atomic mass is 35.5. The van der Waals surface area contributed by atoms with Crippen molar-refractivity contribution in [3.05, 3.63) is 87.8 Å². The smallest absolute Gasteiger partial charge is 0.266 e. The predicted octanol–water partition coefficient (Wildman–Crippen LogP) is 7.73. The van der Waals surface area contributed by atoms with Crippen molar-refractivity contribution in [2.75, 3.05) is 14.1 Å². The first-order chi connectivity index (χ1) is 19.1. The Morgan fingerprint density at radius 1 is 0.950 bits per heavy atom. The number of sulfonamides is 1. The van der Waals surface area contributed by atoms with Crippen molar-refractivity contribution in [1.82, 2.24) is 9.21 Å². The Kier molecular flexibility index (Phi) is 8.29. The van der Waals surface area contributed by atoms with Gasteiger partial charge < -0.3 is 4.90 Å². The van der Waals surface area contributed by atoms with Gasteiger partial charge in [-0.1, -0.05) is 61.2 Å². The number of carbonyl (C=O) groups excluding carboxylic acids is 1. The normalized spacial score (nSPS) is 14.7. The molecule has 1 aliphatic carbocycles. The second kappa shape index (κ2) is 11.6. The Labute approximate surface area is 242 Å². The third-order valence-electron chi connectivity index (χ3n) is 7.40. The lowest BCUT2D eigenvalue weighted by molar-refractivity contribution is 0.0619. The highest BCUT2D eigenvalue weighted by Gasteiger charge is 2.31. The zero-order valence-electron chi connectivity index (χ0n) is 22.2. The molecule has 3 aromatic carbocycles. The lowest BCUT2D eigenvalue weighted by Gasteiger charge is -2.34. The fraction of sp³-hybridized carbons (Fsp3) is 0.300. The van der Waals surface area contributed by atoms with E-state index in [-0.39, 0.29) is 36.8 Å². The van der Waals surface area contributed by atoms with Gasteiger partial charge in [0.05, 0.1) is 20.0 Å². The molecule has 10 heteroatoms. The van der Waals surface area contributed by atoms with E-state index < -0.39 is 21.7 Å². The first-order valence-electron chi connectivity index (χ1n) is 13.1. The van der Waals surface area contributed by atoms with Crippen LogP contribution < -0.4 is 0 Å². The van der Waals surface area contributed by atoms with Crippen LogP contribution in [-0.4, -0.2) is 43.7 Å². The van der Waals surface area contributed by atoms with E-state index in [1.807, 2.05) is 24.3 Å². The Morgan fingerprint density at radius 3 is 2.27 bits per heavy atom. The predicted molar refractivity (Wildman–Crippen MR) is 156 cm³/mol. The first-order valence-corrected chi connectivity index (χ1v) is 15.7. The average Bonchev–Trinajstić information content (AvgIpc) is 3.32. The molecule has 1 aliphatic rings. The monoisotopic (exact) mass is 602 g/mol. The Hall–Kier alpha value is -2.85. The summed E-state index contributed by atoms with van der Waals surface area (Å²) in [4.78, 5) is 16.1. The lowest BCUT2D eigenvalue weighted by atomic mass is 9.93. The molecule has 1 aromatic heterocycles. The zero-order chi connectivity index (χ0) is 28.6. The van der Waals surface area contributed by atoms with Crippen molar-refractivity contribution >= 4 is 49.0 Å². The number of halogens is 3. The van der Waals surface area contributed by atoms with Crippen molar-refractivity contribution in [3.63, 3.8) is 0 Å². The van der Waals surface area contributed by atoms with E-state index in [2.05, 4.69) is 0 Å². The van der Waals surface area contributed by atoms with Crippen LogP contribution in [0.5, 0.6) is 0 Å². The van der Waals surface area contributed by atoms with E-state index in [1.54, 1.807) is 29.2 Å². The molecule has 0 radical (unpaired) electrons. The van der Waals surface area contributed by atoms with E-state index in [4.69, 9.17) is 11.6 Å². The number of benzene rings is 3. The summed E-state index contributed by atoms with van der Waals surface area (Å²) in [5.74, 6) is -1.60. The lowest BCUT2D eigenvalue weighted by Crippen LogP contribution is -2.40. The van der Waals surface area contributed by atoms with Crippen LogP contribution in [0.15, 0.2) is 65.6 Å². The van der Waals surface area contributed by atoms with Crippen molar-refractivity contribution < 1.29 is 22.0 Å². The van der Waals surface area contributed by atoms with E-state index in [9.17, 15) is 22.0 Å². The van der Waals surface area contributed by atoms with Crippen molar-refractivity contribution in [2.24, 2.45) is 0 Å². The molecule has 5 nitrogen and oxygen atoms in total. The van der Waals surface area contributed by atoms with Gasteiger partial charge in [0.25, 0.3) is 5.91 Å². The maximum absolute atomic E-state index is 14.5. The molecule has 0 unspecified atom stereocenters. The first kappa shape index (κ1) is 28.7. The molecule has 0 saturated heterocycles. The number of thiophene rings is 1. The second-order valence-electron chi connectivity index (χ2n) is 10.2. The molecular weight excluding hydrogens is 574 g/mol. The van der Waals surface area contributed by atoms with Crippen LogP contribution in [0.2, 0.25) is 5.02 Å². The van der Waals surface area contributed by atoms with Crippen LogP contribution in [-0.2, 0) is 16.6 Å². The molecule has 1 heterocycles. The Morgan fingerprint density at radius 2 is 1.62 bits per heavy atom. The summed E-state index contributed by atoms with van der Waals surface area (Å²) in [6.45, 7) is 0.306. The van der Waals surface area contributed by atoms with Crippen molar-refractivity contribution in [3.8, 4) is 11.1 Å². The van der Waals surface area contributed by atoms with E-state index >= 15 is 0 Å². The van der Waals surface area contributed by atoms with Crippen LogP contribution in [0.1, 0.15) is 47.3 Å². The third kappa shape index (κ3) is 5.52. The van der Waals surface area contributed by atoms with Gasteiger partial charge in [-0.2, -0.15) is 0 Å². The second-order valence-corrected chi connectivity index (χ2v) is 13.8. The molecule has 0 bridgehead atoms. The summed E-state index contributed by atoms with van der Waals surface area (Å²) in [5.41, 5.74) is 2.61. The molecule has 5 rings (SSSR count). The number of hydrogen-bond acceptors (Lipinski definition) is 4. The number of amides is 1. The summed E-state index contributed by atoms with van der Waals surface area (Å²) in [5, 5.41) is -0.107.